The fraction of sp³-hybridized carbons (Fsp3) is 0.250. The molecule has 1 saturated heterocycles. The number of benzene rings is 1. The van der Waals surface area contributed by atoms with Crippen LogP contribution in [0.25, 0.3) is 21.1 Å². The molecule has 7 heteroatoms. The van der Waals surface area contributed by atoms with Crippen LogP contribution in [0.4, 0.5) is 0 Å². The molecule has 0 spiro atoms. The van der Waals surface area contributed by atoms with Crippen LogP contribution in [-0.2, 0) is 16.0 Å². The van der Waals surface area contributed by atoms with Crippen LogP contribution in [0.3, 0.4) is 0 Å². The predicted octanol–water partition coefficient (Wildman–Crippen LogP) is 3.41. The van der Waals surface area contributed by atoms with E-state index in [0.29, 0.717) is 25.9 Å². The molecule has 1 aliphatic heterocycles. The van der Waals surface area contributed by atoms with Gasteiger partial charge in [-0.1, -0.05) is 36.4 Å². The molecule has 1 aromatic carbocycles. The van der Waals surface area contributed by atoms with E-state index >= 15 is 0 Å². The number of thiazole rings is 1. The van der Waals surface area contributed by atoms with Gasteiger partial charge in [0.25, 0.3) is 0 Å². The second-order valence-electron chi connectivity index (χ2n) is 6.54. The lowest BCUT2D eigenvalue weighted by Crippen LogP contribution is -2.32. The van der Waals surface area contributed by atoms with Crippen molar-refractivity contribution in [3.05, 3.63) is 52.7 Å². The Hall–Kier alpha value is -2.51. The molecule has 1 atom stereocenters. The number of carbonyl (C=O) groups excluding carboxylic acids is 2. The number of rotatable bonds is 5. The van der Waals surface area contributed by atoms with Crippen LogP contribution >= 0.6 is 22.7 Å². The molecule has 4 rings (SSSR count). The summed E-state index contributed by atoms with van der Waals surface area (Å²) in [5.41, 5.74) is 7.32. The smallest absolute Gasteiger partial charge is 0.227 e. The lowest BCUT2D eigenvalue weighted by Gasteiger charge is -2.15. The van der Waals surface area contributed by atoms with Crippen molar-refractivity contribution < 1.29 is 9.59 Å². The van der Waals surface area contributed by atoms with Crippen molar-refractivity contribution in [3.8, 4) is 21.1 Å². The van der Waals surface area contributed by atoms with E-state index in [1.165, 1.54) is 0 Å². The van der Waals surface area contributed by atoms with Gasteiger partial charge >= 0.3 is 0 Å². The Morgan fingerprint density at radius 1 is 1.19 bits per heavy atom. The molecule has 27 heavy (non-hydrogen) atoms. The Labute approximate surface area is 165 Å². The maximum Gasteiger partial charge on any atom is 0.227 e. The molecule has 0 aliphatic carbocycles. The molecule has 5 nitrogen and oxygen atoms in total. The summed E-state index contributed by atoms with van der Waals surface area (Å²) >= 11 is 3.18. The Balaban J connectivity index is 1.61. The lowest BCUT2D eigenvalue weighted by molar-refractivity contribution is -0.129. The molecule has 3 aromatic rings. The standard InChI is InChI=1S/C20H19N3O2S2/c21-19(25)14-8-9-23(12-14)17(24)11-16-18(15-7-4-10-26-15)22-20(27-16)13-5-2-1-3-6-13/h1-7,10,14H,8-9,11-12H2,(H2,21,25)/t14-/m0/s1. The van der Waals surface area contributed by atoms with Crippen LogP contribution in [0.15, 0.2) is 47.8 Å². The van der Waals surface area contributed by atoms with Gasteiger partial charge in [-0.05, 0) is 17.9 Å². The first-order valence-electron chi connectivity index (χ1n) is 8.78. The van der Waals surface area contributed by atoms with Crippen LogP contribution in [0.1, 0.15) is 11.3 Å². The Kier molecular flexibility index (Phi) is 5.05. The van der Waals surface area contributed by atoms with E-state index in [1.54, 1.807) is 27.6 Å². The van der Waals surface area contributed by atoms with Crippen molar-refractivity contribution in [1.82, 2.24) is 9.88 Å². The average molecular weight is 398 g/mol. The summed E-state index contributed by atoms with van der Waals surface area (Å²) < 4.78 is 0. The molecule has 0 bridgehead atoms. The van der Waals surface area contributed by atoms with Gasteiger partial charge in [-0.15, -0.1) is 22.7 Å². The van der Waals surface area contributed by atoms with Crippen molar-refractivity contribution in [3.63, 3.8) is 0 Å². The monoisotopic (exact) mass is 397 g/mol. The summed E-state index contributed by atoms with van der Waals surface area (Å²) in [6.45, 7) is 1.01. The highest BCUT2D eigenvalue weighted by Gasteiger charge is 2.30. The van der Waals surface area contributed by atoms with Crippen molar-refractivity contribution in [2.24, 2.45) is 11.7 Å². The normalized spacial score (nSPS) is 16.6. The summed E-state index contributed by atoms with van der Waals surface area (Å²) in [4.78, 5) is 32.8. The number of carbonyl (C=O) groups is 2. The van der Waals surface area contributed by atoms with Crippen molar-refractivity contribution in [1.29, 1.82) is 0 Å². The number of hydrogen-bond donors (Lipinski definition) is 1. The van der Waals surface area contributed by atoms with E-state index in [0.717, 1.165) is 26.0 Å². The van der Waals surface area contributed by atoms with Gasteiger partial charge in [0.15, 0.2) is 0 Å². The maximum absolute atomic E-state index is 12.8. The third kappa shape index (κ3) is 3.79. The zero-order valence-corrected chi connectivity index (χ0v) is 16.3. The van der Waals surface area contributed by atoms with Crippen LogP contribution in [0, 0.1) is 5.92 Å². The van der Waals surface area contributed by atoms with E-state index in [9.17, 15) is 9.59 Å². The molecule has 0 saturated carbocycles. The zero-order chi connectivity index (χ0) is 18.8. The van der Waals surface area contributed by atoms with Gasteiger partial charge in [0, 0.05) is 23.5 Å². The van der Waals surface area contributed by atoms with Crippen LogP contribution in [0.2, 0.25) is 0 Å². The number of amides is 2. The van der Waals surface area contributed by atoms with E-state index in [-0.39, 0.29) is 17.7 Å². The number of likely N-dealkylation sites (tertiary alicyclic amines) is 1. The second kappa shape index (κ2) is 7.62. The molecule has 1 aliphatic rings. The van der Waals surface area contributed by atoms with E-state index in [4.69, 9.17) is 10.7 Å². The number of thiophene rings is 1. The fourth-order valence-corrected chi connectivity index (χ4v) is 5.13. The minimum atomic E-state index is -0.325. The molecule has 2 N–H and O–H groups in total. The quantitative estimate of drug-likeness (QED) is 0.717. The van der Waals surface area contributed by atoms with Crippen molar-refractivity contribution in [2.45, 2.75) is 12.8 Å². The van der Waals surface area contributed by atoms with Gasteiger partial charge in [-0.3, -0.25) is 9.59 Å². The highest BCUT2D eigenvalue weighted by Crippen LogP contribution is 2.36. The summed E-state index contributed by atoms with van der Waals surface area (Å²) in [5.74, 6) is -0.527. The maximum atomic E-state index is 12.8. The molecule has 0 radical (unpaired) electrons. The van der Waals surface area contributed by atoms with Crippen LogP contribution < -0.4 is 5.73 Å². The first-order valence-corrected chi connectivity index (χ1v) is 10.5. The lowest BCUT2D eigenvalue weighted by atomic mass is 10.1. The summed E-state index contributed by atoms with van der Waals surface area (Å²) in [5, 5.41) is 2.93. The number of primary amides is 1. The highest BCUT2D eigenvalue weighted by molar-refractivity contribution is 7.17. The molecule has 1 fully saturated rings. The second-order valence-corrected chi connectivity index (χ2v) is 8.57. The van der Waals surface area contributed by atoms with Gasteiger partial charge in [-0.2, -0.15) is 0 Å². The van der Waals surface area contributed by atoms with Crippen molar-refractivity contribution >= 4 is 34.5 Å². The number of nitrogens with two attached hydrogens (primary N) is 1. The van der Waals surface area contributed by atoms with Crippen LogP contribution in [0.5, 0.6) is 0 Å². The fourth-order valence-electron chi connectivity index (χ4n) is 3.25. The molecule has 2 aromatic heterocycles. The topological polar surface area (TPSA) is 76.3 Å². The van der Waals surface area contributed by atoms with Gasteiger partial charge in [0.05, 0.1) is 22.9 Å². The molecular weight excluding hydrogens is 378 g/mol. The van der Waals surface area contributed by atoms with Crippen LogP contribution in [-0.4, -0.2) is 34.8 Å². The number of aromatic nitrogens is 1. The summed E-state index contributed by atoms with van der Waals surface area (Å²) in [7, 11) is 0. The third-order valence-electron chi connectivity index (χ3n) is 4.73. The largest absolute Gasteiger partial charge is 0.369 e. The summed E-state index contributed by atoms with van der Waals surface area (Å²) in [6, 6.07) is 14.0. The molecular formula is C20H19N3O2S2. The SMILES string of the molecule is NC(=O)[C@H]1CCN(C(=O)Cc2sc(-c3ccccc3)nc2-c2cccs2)C1. The highest BCUT2D eigenvalue weighted by atomic mass is 32.1. The first-order chi connectivity index (χ1) is 13.1. The van der Waals surface area contributed by atoms with E-state index in [1.807, 2.05) is 47.8 Å². The minimum Gasteiger partial charge on any atom is -0.369 e. The minimum absolute atomic E-state index is 0.0276. The molecule has 3 heterocycles. The number of nitrogens with zero attached hydrogens (tertiary/aromatic N) is 2. The average Bonchev–Trinajstić information content (AvgIpc) is 3.42. The Morgan fingerprint density at radius 3 is 2.67 bits per heavy atom. The summed E-state index contributed by atoms with van der Waals surface area (Å²) in [6.07, 6.45) is 0.944. The van der Waals surface area contributed by atoms with Gasteiger partial charge in [0.1, 0.15) is 5.01 Å². The van der Waals surface area contributed by atoms with Gasteiger partial charge in [0.2, 0.25) is 11.8 Å². The predicted molar refractivity (Wildman–Crippen MR) is 108 cm³/mol. The molecule has 0 unspecified atom stereocenters. The number of hydrogen-bond acceptors (Lipinski definition) is 5. The van der Waals surface area contributed by atoms with Crippen molar-refractivity contribution in [2.75, 3.05) is 13.1 Å². The first kappa shape index (κ1) is 17.9. The molecule has 138 valence electrons. The van der Waals surface area contributed by atoms with Gasteiger partial charge in [-0.25, -0.2) is 4.98 Å². The third-order valence-corrected chi connectivity index (χ3v) is 6.71. The Bertz CT molecular complexity index is 951. The van der Waals surface area contributed by atoms with Gasteiger partial charge < -0.3 is 10.6 Å². The zero-order valence-electron chi connectivity index (χ0n) is 14.6. The Morgan fingerprint density at radius 2 is 2.00 bits per heavy atom. The molecule has 2 amide bonds. The van der Waals surface area contributed by atoms with E-state index in [2.05, 4.69) is 0 Å². The van der Waals surface area contributed by atoms with E-state index < -0.39 is 0 Å².